The van der Waals surface area contributed by atoms with Crippen LogP contribution in [0.15, 0.2) is 49.2 Å². The van der Waals surface area contributed by atoms with Crippen LogP contribution in [-0.2, 0) is 0 Å². The molecule has 0 bridgehead atoms. The minimum absolute atomic E-state index is 0.267. The first kappa shape index (κ1) is 17.0. The normalized spacial score (nSPS) is 16.5. The average molecular weight is 360 g/mol. The van der Waals surface area contributed by atoms with Gasteiger partial charge in [-0.3, -0.25) is 0 Å². The van der Waals surface area contributed by atoms with E-state index in [1.807, 2.05) is 41.4 Å². The Kier molecular flexibility index (Phi) is 4.94. The fourth-order valence-corrected chi connectivity index (χ4v) is 3.10. The van der Waals surface area contributed by atoms with Gasteiger partial charge in [-0.1, -0.05) is 6.57 Å². The molecule has 3 aromatic rings. The highest BCUT2D eigenvalue weighted by Gasteiger charge is 2.16. The first-order chi connectivity index (χ1) is 13.3. The van der Waals surface area contributed by atoms with Crippen LogP contribution in [0.1, 0.15) is 12.8 Å². The minimum Gasteiger partial charge on any atom is -0.379 e. The van der Waals surface area contributed by atoms with Crippen molar-refractivity contribution in [3.05, 3.63) is 60.6 Å². The molecule has 3 aromatic heterocycles. The molecule has 0 amide bonds. The second kappa shape index (κ2) is 7.85. The van der Waals surface area contributed by atoms with Crippen LogP contribution in [0.4, 0.5) is 23.1 Å². The van der Waals surface area contributed by atoms with Crippen molar-refractivity contribution in [2.75, 3.05) is 23.7 Å². The zero-order valence-electron chi connectivity index (χ0n) is 14.8. The van der Waals surface area contributed by atoms with Crippen LogP contribution in [-0.4, -0.2) is 38.7 Å². The highest BCUT2D eigenvalue weighted by Crippen LogP contribution is 2.26. The summed E-state index contributed by atoms with van der Waals surface area (Å²) in [5, 5.41) is 10.2. The topological polar surface area (TPSA) is 84.0 Å². The SMILES string of the molecule is [C-]#[N+]c1cnc(Nc2cc(N[C@@H]3CCCNC3)c(-n3cccc3)cn2)cn1. The number of nitrogens with one attached hydrogen (secondary N) is 3. The summed E-state index contributed by atoms with van der Waals surface area (Å²) in [6, 6.07) is 6.34. The smallest absolute Gasteiger partial charge is 0.288 e. The Morgan fingerprint density at radius 1 is 1.11 bits per heavy atom. The molecule has 0 spiro atoms. The summed E-state index contributed by atoms with van der Waals surface area (Å²) in [4.78, 5) is 16.0. The summed E-state index contributed by atoms with van der Waals surface area (Å²) in [6.45, 7) is 8.97. The third kappa shape index (κ3) is 4.04. The molecule has 1 fully saturated rings. The zero-order chi connectivity index (χ0) is 18.5. The van der Waals surface area contributed by atoms with Crippen LogP contribution in [0, 0.1) is 6.57 Å². The van der Waals surface area contributed by atoms with Crippen LogP contribution in [0.5, 0.6) is 0 Å². The summed E-state index contributed by atoms with van der Waals surface area (Å²) in [7, 11) is 0. The number of aromatic nitrogens is 4. The fourth-order valence-electron chi connectivity index (χ4n) is 3.10. The van der Waals surface area contributed by atoms with E-state index in [4.69, 9.17) is 6.57 Å². The summed E-state index contributed by atoms with van der Waals surface area (Å²) in [5.41, 5.74) is 1.99. The van der Waals surface area contributed by atoms with Gasteiger partial charge in [-0.15, -0.1) is 4.98 Å². The zero-order valence-corrected chi connectivity index (χ0v) is 14.8. The van der Waals surface area contributed by atoms with Crippen LogP contribution in [0.25, 0.3) is 10.5 Å². The molecule has 1 atom stereocenters. The summed E-state index contributed by atoms with van der Waals surface area (Å²) < 4.78 is 2.04. The maximum absolute atomic E-state index is 6.95. The lowest BCUT2D eigenvalue weighted by atomic mass is 10.1. The van der Waals surface area contributed by atoms with E-state index >= 15 is 0 Å². The Morgan fingerprint density at radius 3 is 2.67 bits per heavy atom. The molecule has 4 rings (SSSR count). The van der Waals surface area contributed by atoms with Gasteiger partial charge in [0.15, 0.2) is 12.0 Å². The van der Waals surface area contributed by atoms with Gasteiger partial charge in [0.2, 0.25) is 0 Å². The molecule has 4 heterocycles. The first-order valence-corrected chi connectivity index (χ1v) is 8.89. The van der Waals surface area contributed by atoms with Gasteiger partial charge in [0.25, 0.3) is 5.82 Å². The molecule has 0 saturated carbocycles. The molecule has 1 saturated heterocycles. The van der Waals surface area contributed by atoms with Gasteiger partial charge in [-0.2, -0.15) is 0 Å². The molecule has 1 aliphatic rings. The van der Waals surface area contributed by atoms with E-state index in [0.29, 0.717) is 17.7 Å². The van der Waals surface area contributed by atoms with Gasteiger partial charge in [0, 0.05) is 31.0 Å². The van der Waals surface area contributed by atoms with Gasteiger partial charge in [0.05, 0.1) is 23.8 Å². The van der Waals surface area contributed by atoms with Crippen molar-refractivity contribution in [2.24, 2.45) is 0 Å². The van der Waals surface area contributed by atoms with Crippen molar-refractivity contribution < 1.29 is 0 Å². The summed E-state index contributed by atoms with van der Waals surface area (Å²) in [6.07, 6.45) is 11.1. The van der Waals surface area contributed by atoms with Crippen molar-refractivity contribution in [1.82, 2.24) is 24.8 Å². The van der Waals surface area contributed by atoms with Crippen molar-refractivity contribution in [1.29, 1.82) is 0 Å². The number of nitrogens with zero attached hydrogens (tertiary/aromatic N) is 5. The van der Waals surface area contributed by atoms with Gasteiger partial charge >= 0.3 is 0 Å². The largest absolute Gasteiger partial charge is 0.379 e. The Balaban J connectivity index is 1.60. The number of hydrogen-bond donors (Lipinski definition) is 3. The molecular formula is C19H20N8. The number of hydrogen-bond acceptors (Lipinski definition) is 6. The van der Waals surface area contributed by atoms with Crippen LogP contribution >= 0.6 is 0 Å². The molecule has 27 heavy (non-hydrogen) atoms. The standard InChI is InChI=1S/C19H20N8/c1-20-18-12-24-19(13-23-18)26-17-9-15(25-14-5-4-6-21-10-14)16(11-22-17)27-7-2-3-8-27/h2-3,7-9,11-14,21H,4-6,10H2,(H2,22,24,25,26)/t14-/m1/s1. The summed E-state index contributed by atoms with van der Waals surface area (Å²) >= 11 is 0. The highest BCUT2D eigenvalue weighted by atomic mass is 15.1. The lowest BCUT2D eigenvalue weighted by molar-refractivity contribution is 0.480. The van der Waals surface area contributed by atoms with Crippen molar-refractivity contribution in [3.63, 3.8) is 0 Å². The second-order valence-corrected chi connectivity index (χ2v) is 6.36. The fraction of sp³-hybridized carbons (Fsp3) is 0.263. The molecular weight excluding hydrogens is 340 g/mol. The van der Waals surface area contributed by atoms with Crippen LogP contribution in [0.2, 0.25) is 0 Å². The molecule has 0 aromatic carbocycles. The third-order valence-corrected chi connectivity index (χ3v) is 4.43. The van der Waals surface area contributed by atoms with Gasteiger partial charge < -0.3 is 25.4 Å². The molecule has 3 N–H and O–H groups in total. The molecule has 0 aliphatic carbocycles. The van der Waals surface area contributed by atoms with Gasteiger partial charge in [-0.25, -0.2) is 9.97 Å². The maximum Gasteiger partial charge on any atom is 0.288 e. The Bertz CT molecular complexity index is 921. The van der Waals surface area contributed by atoms with Crippen LogP contribution in [0.3, 0.4) is 0 Å². The van der Waals surface area contributed by atoms with E-state index in [2.05, 4.69) is 35.7 Å². The van der Waals surface area contributed by atoms with Crippen LogP contribution < -0.4 is 16.0 Å². The molecule has 0 radical (unpaired) electrons. The highest BCUT2D eigenvalue weighted by molar-refractivity contribution is 5.67. The Morgan fingerprint density at radius 2 is 1.96 bits per heavy atom. The lowest BCUT2D eigenvalue weighted by Crippen LogP contribution is -2.38. The summed E-state index contributed by atoms with van der Waals surface area (Å²) in [5.74, 6) is 1.49. The molecule has 136 valence electrons. The average Bonchev–Trinajstić information content (AvgIpc) is 3.24. The van der Waals surface area contributed by atoms with Gasteiger partial charge in [-0.05, 0) is 31.5 Å². The molecule has 8 nitrogen and oxygen atoms in total. The minimum atomic E-state index is 0.267. The van der Waals surface area contributed by atoms with Crippen molar-refractivity contribution >= 4 is 23.1 Å². The van der Waals surface area contributed by atoms with Gasteiger partial charge in [0.1, 0.15) is 5.82 Å². The van der Waals surface area contributed by atoms with E-state index in [9.17, 15) is 0 Å². The van der Waals surface area contributed by atoms with Crippen molar-refractivity contribution in [2.45, 2.75) is 18.9 Å². The number of piperidine rings is 1. The Hall–Kier alpha value is -3.44. The first-order valence-electron chi connectivity index (χ1n) is 8.89. The number of anilines is 3. The second-order valence-electron chi connectivity index (χ2n) is 6.36. The van der Waals surface area contributed by atoms with E-state index in [-0.39, 0.29) is 5.82 Å². The Labute approximate surface area is 157 Å². The lowest BCUT2D eigenvalue weighted by Gasteiger charge is -2.26. The van der Waals surface area contributed by atoms with E-state index in [1.165, 1.54) is 12.4 Å². The predicted molar refractivity (Wildman–Crippen MR) is 105 cm³/mol. The molecule has 0 unspecified atom stereocenters. The third-order valence-electron chi connectivity index (χ3n) is 4.43. The van der Waals surface area contributed by atoms with Crippen molar-refractivity contribution in [3.8, 4) is 5.69 Å². The molecule has 1 aliphatic heterocycles. The van der Waals surface area contributed by atoms with E-state index in [0.717, 1.165) is 37.3 Å². The molecule has 8 heteroatoms. The maximum atomic E-state index is 6.95. The monoisotopic (exact) mass is 360 g/mol. The number of pyridine rings is 1. The number of rotatable bonds is 5. The van der Waals surface area contributed by atoms with E-state index in [1.54, 1.807) is 0 Å². The van der Waals surface area contributed by atoms with E-state index < -0.39 is 0 Å². The predicted octanol–water partition coefficient (Wildman–Crippen LogP) is 3.12. The quantitative estimate of drug-likeness (QED) is 0.606.